The van der Waals surface area contributed by atoms with Gasteiger partial charge in [-0.3, -0.25) is 0 Å². The molecule has 0 saturated heterocycles. The largest absolute Gasteiger partial charge is 0.491 e. The first-order valence-electron chi connectivity index (χ1n) is 6.65. The average Bonchev–Trinajstić information content (AvgIpc) is 2.36. The summed E-state index contributed by atoms with van der Waals surface area (Å²) >= 11 is 5.92. The summed E-state index contributed by atoms with van der Waals surface area (Å²) in [4.78, 5) is 0. The average molecular weight is 336 g/mol. The van der Waals surface area contributed by atoms with Gasteiger partial charge in [0.1, 0.15) is 28.3 Å². The van der Waals surface area contributed by atoms with Crippen LogP contribution in [0.2, 0.25) is 5.02 Å². The summed E-state index contributed by atoms with van der Waals surface area (Å²) in [6.45, 7) is 4.03. The number of halogens is 1. The lowest BCUT2D eigenvalue weighted by Crippen LogP contribution is -2.39. The van der Waals surface area contributed by atoms with Gasteiger partial charge >= 0.3 is 0 Å². The molecule has 0 aromatic heterocycles. The minimum absolute atomic E-state index is 0.0386. The van der Waals surface area contributed by atoms with Crippen molar-refractivity contribution in [2.24, 2.45) is 0 Å². The van der Waals surface area contributed by atoms with Gasteiger partial charge in [-0.05, 0) is 37.6 Å². The molecular formula is C14H22ClNO4S. The quantitative estimate of drug-likeness (QED) is 0.751. The zero-order valence-corrected chi connectivity index (χ0v) is 14.0. The van der Waals surface area contributed by atoms with Crippen molar-refractivity contribution in [1.29, 1.82) is 0 Å². The Bertz CT molecular complexity index is 562. The Labute approximate surface area is 131 Å². The van der Waals surface area contributed by atoms with Crippen LogP contribution in [0.4, 0.5) is 0 Å². The Hall–Kier alpha value is -0.820. The second-order valence-electron chi connectivity index (χ2n) is 5.28. The van der Waals surface area contributed by atoms with E-state index in [1.807, 2.05) is 6.92 Å². The standard InChI is InChI=1S/C14H22ClNO4S/c1-10-6-13(4-5-14(10)15)20-8-12(17)7-16-11(2)9-21(3,18)19/h4-6,11-12,16-17H,7-9H2,1-3H3. The smallest absolute Gasteiger partial charge is 0.148 e. The van der Waals surface area contributed by atoms with Crippen molar-refractivity contribution in [3.8, 4) is 5.75 Å². The monoisotopic (exact) mass is 335 g/mol. The Morgan fingerprint density at radius 3 is 2.67 bits per heavy atom. The van der Waals surface area contributed by atoms with Gasteiger partial charge in [0.25, 0.3) is 0 Å². The van der Waals surface area contributed by atoms with E-state index in [1.165, 1.54) is 6.26 Å². The molecule has 0 bridgehead atoms. The lowest BCUT2D eigenvalue weighted by Gasteiger charge is -2.17. The van der Waals surface area contributed by atoms with E-state index < -0.39 is 15.9 Å². The van der Waals surface area contributed by atoms with Crippen LogP contribution in [0.5, 0.6) is 5.75 Å². The Morgan fingerprint density at radius 2 is 2.10 bits per heavy atom. The van der Waals surface area contributed by atoms with Gasteiger partial charge in [-0.2, -0.15) is 0 Å². The lowest BCUT2D eigenvalue weighted by molar-refractivity contribution is 0.105. The van der Waals surface area contributed by atoms with Crippen LogP contribution in [0.15, 0.2) is 18.2 Å². The van der Waals surface area contributed by atoms with Crippen molar-refractivity contribution in [3.05, 3.63) is 28.8 Å². The summed E-state index contributed by atoms with van der Waals surface area (Å²) < 4.78 is 27.7. The van der Waals surface area contributed by atoms with Crippen molar-refractivity contribution in [1.82, 2.24) is 5.32 Å². The number of nitrogens with one attached hydrogen (secondary N) is 1. The van der Waals surface area contributed by atoms with Crippen LogP contribution in [-0.4, -0.2) is 50.8 Å². The predicted octanol–water partition coefficient (Wildman–Crippen LogP) is 1.41. The topological polar surface area (TPSA) is 75.6 Å². The molecule has 120 valence electrons. The van der Waals surface area contributed by atoms with E-state index in [4.69, 9.17) is 16.3 Å². The van der Waals surface area contributed by atoms with Crippen LogP contribution in [0, 0.1) is 6.92 Å². The zero-order chi connectivity index (χ0) is 16.0. The molecule has 0 saturated carbocycles. The van der Waals surface area contributed by atoms with Gasteiger partial charge in [-0.25, -0.2) is 8.42 Å². The predicted molar refractivity (Wildman–Crippen MR) is 84.9 cm³/mol. The first kappa shape index (κ1) is 18.2. The van der Waals surface area contributed by atoms with Gasteiger partial charge < -0.3 is 15.2 Å². The molecule has 0 heterocycles. The maximum atomic E-state index is 11.1. The molecule has 7 heteroatoms. The first-order chi connectivity index (χ1) is 9.67. The SMILES string of the molecule is Cc1cc(OCC(O)CNC(C)CS(C)(=O)=O)ccc1Cl. The van der Waals surface area contributed by atoms with Crippen LogP contribution in [0.1, 0.15) is 12.5 Å². The number of ether oxygens (including phenoxy) is 1. The zero-order valence-electron chi connectivity index (χ0n) is 12.5. The molecule has 0 aliphatic heterocycles. The van der Waals surface area contributed by atoms with Crippen LogP contribution in [0.25, 0.3) is 0 Å². The minimum atomic E-state index is -3.02. The Balaban J connectivity index is 2.34. The number of aryl methyl sites for hydroxylation is 1. The third kappa shape index (κ3) is 7.66. The second-order valence-corrected chi connectivity index (χ2v) is 7.87. The fourth-order valence-corrected chi connectivity index (χ4v) is 2.95. The van der Waals surface area contributed by atoms with Crippen LogP contribution in [0.3, 0.4) is 0 Å². The molecule has 2 atom stereocenters. The van der Waals surface area contributed by atoms with Gasteiger partial charge in [0.15, 0.2) is 0 Å². The molecule has 2 unspecified atom stereocenters. The third-order valence-corrected chi connectivity index (χ3v) is 4.36. The molecule has 0 spiro atoms. The molecule has 1 aromatic rings. The molecule has 5 nitrogen and oxygen atoms in total. The van der Waals surface area contributed by atoms with Gasteiger partial charge in [-0.15, -0.1) is 0 Å². The van der Waals surface area contributed by atoms with Crippen molar-refractivity contribution < 1.29 is 18.3 Å². The number of benzene rings is 1. The molecule has 1 aromatic carbocycles. The number of hydrogen-bond acceptors (Lipinski definition) is 5. The van der Waals surface area contributed by atoms with E-state index in [0.29, 0.717) is 10.8 Å². The van der Waals surface area contributed by atoms with Gasteiger partial charge in [0.05, 0.1) is 5.75 Å². The van der Waals surface area contributed by atoms with Crippen molar-refractivity contribution >= 4 is 21.4 Å². The highest BCUT2D eigenvalue weighted by atomic mass is 35.5. The molecule has 0 amide bonds. The fraction of sp³-hybridized carbons (Fsp3) is 0.571. The highest BCUT2D eigenvalue weighted by Crippen LogP contribution is 2.21. The van der Waals surface area contributed by atoms with Gasteiger partial charge in [0.2, 0.25) is 0 Å². The molecule has 0 fully saturated rings. The lowest BCUT2D eigenvalue weighted by atomic mass is 10.2. The second kappa shape index (κ2) is 7.98. The van der Waals surface area contributed by atoms with Crippen molar-refractivity contribution in [3.63, 3.8) is 0 Å². The molecular weight excluding hydrogens is 314 g/mol. The molecule has 2 N–H and O–H groups in total. The first-order valence-corrected chi connectivity index (χ1v) is 9.09. The molecule has 0 aliphatic rings. The van der Waals surface area contributed by atoms with E-state index in [0.717, 1.165) is 5.56 Å². The van der Waals surface area contributed by atoms with Gasteiger partial charge in [-0.1, -0.05) is 11.6 Å². The number of sulfone groups is 1. The number of aliphatic hydroxyl groups is 1. The summed E-state index contributed by atoms with van der Waals surface area (Å²) in [5, 5.41) is 13.4. The summed E-state index contributed by atoms with van der Waals surface area (Å²) in [6.07, 6.45) is 0.469. The van der Waals surface area contributed by atoms with E-state index >= 15 is 0 Å². The number of hydrogen-bond donors (Lipinski definition) is 2. The maximum absolute atomic E-state index is 11.1. The van der Waals surface area contributed by atoms with Gasteiger partial charge in [0, 0.05) is 23.9 Å². The summed E-state index contributed by atoms with van der Waals surface area (Å²) in [5.41, 5.74) is 0.906. The van der Waals surface area contributed by atoms with Crippen LogP contribution < -0.4 is 10.1 Å². The van der Waals surface area contributed by atoms with E-state index in [9.17, 15) is 13.5 Å². The Kier molecular flexibility index (Phi) is 6.93. The van der Waals surface area contributed by atoms with E-state index in [-0.39, 0.29) is 24.9 Å². The molecule has 0 aliphatic carbocycles. The summed E-state index contributed by atoms with van der Waals surface area (Å²) in [6, 6.07) is 5.06. The number of rotatable bonds is 8. The fourth-order valence-electron chi connectivity index (χ4n) is 1.81. The van der Waals surface area contributed by atoms with Crippen molar-refractivity contribution in [2.45, 2.75) is 26.0 Å². The highest BCUT2D eigenvalue weighted by molar-refractivity contribution is 7.90. The summed E-state index contributed by atoms with van der Waals surface area (Å²) in [7, 11) is -3.02. The highest BCUT2D eigenvalue weighted by Gasteiger charge is 2.12. The van der Waals surface area contributed by atoms with Crippen molar-refractivity contribution in [2.75, 3.05) is 25.2 Å². The molecule has 1 rings (SSSR count). The third-order valence-electron chi connectivity index (χ3n) is 2.83. The van der Waals surface area contributed by atoms with E-state index in [2.05, 4.69) is 5.32 Å². The van der Waals surface area contributed by atoms with E-state index in [1.54, 1.807) is 25.1 Å². The molecule has 0 radical (unpaired) electrons. The summed E-state index contributed by atoms with van der Waals surface area (Å²) in [5.74, 6) is 0.678. The maximum Gasteiger partial charge on any atom is 0.148 e. The minimum Gasteiger partial charge on any atom is -0.491 e. The van der Waals surface area contributed by atoms with Crippen LogP contribution >= 0.6 is 11.6 Å². The van der Waals surface area contributed by atoms with Crippen LogP contribution in [-0.2, 0) is 9.84 Å². The number of aliphatic hydroxyl groups excluding tert-OH is 1. The normalized spacial score (nSPS) is 14.7. The molecule has 21 heavy (non-hydrogen) atoms. The Morgan fingerprint density at radius 1 is 1.43 bits per heavy atom.